The predicted molar refractivity (Wildman–Crippen MR) is 56.2 cm³/mol. The number of alkyl halides is 1. The molecule has 14 heavy (non-hydrogen) atoms. The number of fused-ring (bicyclic) bond motifs is 2. The standard InChI is InChI=1S/C11H21FN2/c1-3-13-8(2)11(12)6-9-4-5-10(7-11)14-9/h8-10,13-14H,3-7H2,1-2H3. The van der Waals surface area contributed by atoms with E-state index in [0.29, 0.717) is 24.9 Å². The number of rotatable bonds is 3. The summed E-state index contributed by atoms with van der Waals surface area (Å²) in [4.78, 5) is 0. The lowest BCUT2D eigenvalue weighted by atomic mass is 9.83. The highest BCUT2D eigenvalue weighted by Gasteiger charge is 2.46. The summed E-state index contributed by atoms with van der Waals surface area (Å²) >= 11 is 0. The Kier molecular flexibility index (Phi) is 2.80. The fourth-order valence-electron chi connectivity index (χ4n) is 2.97. The van der Waals surface area contributed by atoms with Crippen LogP contribution in [0.5, 0.6) is 0 Å². The fourth-order valence-corrected chi connectivity index (χ4v) is 2.97. The van der Waals surface area contributed by atoms with Crippen molar-refractivity contribution in [2.24, 2.45) is 0 Å². The molecule has 0 aliphatic carbocycles. The number of nitrogens with one attached hydrogen (secondary N) is 2. The molecule has 2 nitrogen and oxygen atoms in total. The van der Waals surface area contributed by atoms with Crippen molar-refractivity contribution in [3.05, 3.63) is 0 Å². The van der Waals surface area contributed by atoms with Gasteiger partial charge in [-0.15, -0.1) is 0 Å². The minimum absolute atomic E-state index is 0.00213. The molecule has 2 rings (SSSR count). The lowest BCUT2D eigenvalue weighted by Gasteiger charge is -2.39. The van der Waals surface area contributed by atoms with E-state index in [2.05, 4.69) is 10.6 Å². The summed E-state index contributed by atoms with van der Waals surface area (Å²) in [5, 5.41) is 6.70. The first kappa shape index (κ1) is 10.4. The molecular weight excluding hydrogens is 179 g/mol. The Morgan fingerprint density at radius 2 is 2.00 bits per heavy atom. The summed E-state index contributed by atoms with van der Waals surface area (Å²) in [6, 6.07) is 0.859. The van der Waals surface area contributed by atoms with E-state index >= 15 is 0 Å². The Hall–Kier alpha value is -0.150. The van der Waals surface area contributed by atoms with Gasteiger partial charge in [0.2, 0.25) is 0 Å². The minimum Gasteiger partial charge on any atom is -0.311 e. The number of hydrogen-bond donors (Lipinski definition) is 2. The van der Waals surface area contributed by atoms with Crippen LogP contribution in [0.1, 0.15) is 39.5 Å². The van der Waals surface area contributed by atoms with E-state index in [1.165, 1.54) is 0 Å². The van der Waals surface area contributed by atoms with Gasteiger partial charge in [-0.25, -0.2) is 4.39 Å². The van der Waals surface area contributed by atoms with Gasteiger partial charge in [0, 0.05) is 18.1 Å². The zero-order valence-corrected chi connectivity index (χ0v) is 9.15. The summed E-state index contributed by atoms with van der Waals surface area (Å²) < 4.78 is 14.6. The molecule has 82 valence electrons. The molecule has 3 atom stereocenters. The second kappa shape index (κ2) is 3.78. The summed E-state index contributed by atoms with van der Waals surface area (Å²) in [5.41, 5.74) is -0.979. The van der Waals surface area contributed by atoms with Gasteiger partial charge in [0.15, 0.2) is 0 Å². The predicted octanol–water partition coefficient (Wildman–Crippen LogP) is 1.61. The first-order chi connectivity index (χ1) is 6.64. The highest BCUT2D eigenvalue weighted by atomic mass is 19.1. The third-order valence-corrected chi connectivity index (χ3v) is 3.79. The second-order valence-corrected chi connectivity index (χ2v) is 4.86. The van der Waals surface area contributed by atoms with E-state index in [0.717, 1.165) is 19.4 Å². The maximum Gasteiger partial charge on any atom is 0.128 e. The lowest BCUT2D eigenvalue weighted by molar-refractivity contribution is 0.0532. The number of piperidine rings is 1. The molecule has 3 unspecified atom stereocenters. The Morgan fingerprint density at radius 1 is 1.43 bits per heavy atom. The molecule has 2 saturated heterocycles. The summed E-state index contributed by atoms with van der Waals surface area (Å²) in [6.45, 7) is 4.87. The average Bonchev–Trinajstić information content (AvgIpc) is 2.46. The number of halogens is 1. The first-order valence-corrected chi connectivity index (χ1v) is 5.82. The van der Waals surface area contributed by atoms with Crippen LogP contribution in [0.2, 0.25) is 0 Å². The van der Waals surface area contributed by atoms with Gasteiger partial charge >= 0.3 is 0 Å². The fraction of sp³-hybridized carbons (Fsp3) is 1.00. The maximum absolute atomic E-state index is 14.6. The second-order valence-electron chi connectivity index (χ2n) is 4.86. The van der Waals surface area contributed by atoms with Crippen molar-refractivity contribution in [1.82, 2.24) is 10.6 Å². The Bertz CT molecular complexity index is 195. The van der Waals surface area contributed by atoms with E-state index < -0.39 is 5.67 Å². The van der Waals surface area contributed by atoms with Crippen LogP contribution in [-0.4, -0.2) is 30.3 Å². The highest BCUT2D eigenvalue weighted by molar-refractivity contribution is 5.04. The normalized spacial score (nSPS) is 43.9. The molecule has 0 aromatic carbocycles. The van der Waals surface area contributed by atoms with Gasteiger partial charge in [-0.05, 0) is 39.2 Å². The largest absolute Gasteiger partial charge is 0.311 e. The van der Waals surface area contributed by atoms with E-state index in [1.807, 2.05) is 13.8 Å². The summed E-state index contributed by atoms with van der Waals surface area (Å²) in [6.07, 6.45) is 3.71. The molecule has 0 amide bonds. The lowest BCUT2D eigenvalue weighted by Crippen LogP contribution is -2.55. The smallest absolute Gasteiger partial charge is 0.128 e. The van der Waals surface area contributed by atoms with Gasteiger partial charge in [-0.1, -0.05) is 6.92 Å². The van der Waals surface area contributed by atoms with Crippen LogP contribution in [0.4, 0.5) is 4.39 Å². The summed E-state index contributed by atoms with van der Waals surface area (Å²) in [5.74, 6) is 0. The zero-order chi connectivity index (χ0) is 10.2. The quantitative estimate of drug-likeness (QED) is 0.723. The van der Waals surface area contributed by atoms with Crippen LogP contribution < -0.4 is 10.6 Å². The Balaban J connectivity index is 2.01. The van der Waals surface area contributed by atoms with E-state index in [9.17, 15) is 4.39 Å². The highest BCUT2D eigenvalue weighted by Crippen LogP contribution is 2.38. The van der Waals surface area contributed by atoms with Crippen molar-refractivity contribution in [2.45, 2.75) is 63.3 Å². The minimum atomic E-state index is -0.979. The van der Waals surface area contributed by atoms with Crippen LogP contribution in [0, 0.1) is 0 Å². The van der Waals surface area contributed by atoms with Gasteiger partial charge in [-0.3, -0.25) is 0 Å². The van der Waals surface area contributed by atoms with Crippen LogP contribution in [0.15, 0.2) is 0 Å². The van der Waals surface area contributed by atoms with Crippen molar-refractivity contribution >= 4 is 0 Å². The molecule has 2 heterocycles. The molecule has 2 bridgehead atoms. The molecule has 0 aromatic rings. The molecule has 2 fully saturated rings. The van der Waals surface area contributed by atoms with Crippen molar-refractivity contribution in [1.29, 1.82) is 0 Å². The van der Waals surface area contributed by atoms with Crippen molar-refractivity contribution in [2.75, 3.05) is 6.54 Å². The molecule has 2 aliphatic rings. The van der Waals surface area contributed by atoms with Crippen LogP contribution >= 0.6 is 0 Å². The average molecular weight is 200 g/mol. The Labute approximate surface area is 85.6 Å². The van der Waals surface area contributed by atoms with E-state index in [1.54, 1.807) is 0 Å². The molecule has 0 spiro atoms. The van der Waals surface area contributed by atoms with Gasteiger partial charge in [0.1, 0.15) is 5.67 Å². The van der Waals surface area contributed by atoms with Crippen LogP contribution in [0.25, 0.3) is 0 Å². The van der Waals surface area contributed by atoms with E-state index in [4.69, 9.17) is 0 Å². The molecule has 2 N–H and O–H groups in total. The van der Waals surface area contributed by atoms with Gasteiger partial charge in [-0.2, -0.15) is 0 Å². The Morgan fingerprint density at radius 3 is 2.50 bits per heavy atom. The maximum atomic E-state index is 14.6. The zero-order valence-electron chi connectivity index (χ0n) is 9.15. The molecule has 0 saturated carbocycles. The van der Waals surface area contributed by atoms with Gasteiger partial charge in [0.05, 0.1) is 0 Å². The van der Waals surface area contributed by atoms with E-state index in [-0.39, 0.29) is 6.04 Å². The number of hydrogen-bond acceptors (Lipinski definition) is 2. The third-order valence-electron chi connectivity index (χ3n) is 3.79. The van der Waals surface area contributed by atoms with Crippen LogP contribution in [-0.2, 0) is 0 Å². The molecule has 0 aromatic heterocycles. The molecule has 2 aliphatic heterocycles. The van der Waals surface area contributed by atoms with Crippen molar-refractivity contribution in [3.8, 4) is 0 Å². The first-order valence-electron chi connectivity index (χ1n) is 5.82. The van der Waals surface area contributed by atoms with Gasteiger partial charge in [0.25, 0.3) is 0 Å². The van der Waals surface area contributed by atoms with Crippen molar-refractivity contribution < 1.29 is 4.39 Å². The van der Waals surface area contributed by atoms with Crippen LogP contribution in [0.3, 0.4) is 0 Å². The topological polar surface area (TPSA) is 24.1 Å². The molecule has 0 radical (unpaired) electrons. The molecular formula is C11H21FN2. The van der Waals surface area contributed by atoms with Gasteiger partial charge < -0.3 is 10.6 Å². The SMILES string of the molecule is CCNC(C)C1(F)CC2CCC(C1)N2. The van der Waals surface area contributed by atoms with Crippen molar-refractivity contribution in [3.63, 3.8) is 0 Å². The molecule has 3 heteroatoms. The summed E-state index contributed by atoms with van der Waals surface area (Å²) in [7, 11) is 0. The third kappa shape index (κ3) is 1.80. The monoisotopic (exact) mass is 200 g/mol.